The maximum atomic E-state index is 8.88. The molecule has 0 aromatic carbocycles. The Balaban J connectivity index is -0.00000000970. The van der Waals surface area contributed by atoms with E-state index in [1.54, 1.807) is 0 Å². The molecule has 1 radical (unpaired) electrons. The Morgan fingerprint density at radius 2 is 0.562 bits per heavy atom. The molecular formula is H16Mg4MnO9P2. The zero-order chi connectivity index (χ0) is 9.00. The molecule has 0 aliphatic carbocycles. The Hall–Kier alpha value is 3.76. The van der Waals surface area contributed by atoms with Crippen LogP contribution in [0.1, 0.15) is 0 Å². The largest absolute Gasteiger partial charge is 0.466 e. The summed E-state index contributed by atoms with van der Waals surface area (Å²) in [5.41, 5.74) is 0. The van der Waals surface area contributed by atoms with E-state index < -0.39 is 15.6 Å². The summed E-state index contributed by atoms with van der Waals surface area (Å²) in [6.07, 6.45) is 0. The first-order chi connectivity index (χ1) is 4.00. The SMILES string of the molecule is O.O=P(O)(O)O.O=P(O)(O)O.[MgH2].[MgH2].[MgH2].[MgH2].[Mn]. The molecule has 9 nitrogen and oxygen atoms in total. The van der Waals surface area contributed by atoms with Crippen LogP contribution < -0.4 is 0 Å². The van der Waals surface area contributed by atoms with Gasteiger partial charge in [-0.3, -0.25) is 0 Å². The molecule has 0 rings (SSSR count). The third kappa shape index (κ3) is 352. The molecule has 0 aromatic rings. The van der Waals surface area contributed by atoms with Gasteiger partial charge in [0.2, 0.25) is 0 Å². The molecule has 0 saturated heterocycles. The van der Waals surface area contributed by atoms with Gasteiger partial charge in [0.05, 0.1) is 0 Å². The van der Waals surface area contributed by atoms with Gasteiger partial charge in [0.25, 0.3) is 0 Å². The van der Waals surface area contributed by atoms with Crippen LogP contribution in [0.15, 0.2) is 0 Å². The fraction of sp³-hybridized carbons (Fsp3) is 0. The van der Waals surface area contributed by atoms with E-state index in [2.05, 4.69) is 0 Å². The second-order valence-electron chi connectivity index (χ2n) is 1.03. The van der Waals surface area contributed by atoms with Crippen LogP contribution in [-0.4, -0.2) is 127 Å². The first-order valence-corrected chi connectivity index (χ1v) is 4.70. The number of hydrogen-bond donors (Lipinski definition) is 6. The minimum atomic E-state index is -4.64. The van der Waals surface area contributed by atoms with Gasteiger partial charge in [-0.05, 0) is 0 Å². The third-order valence-corrected chi connectivity index (χ3v) is 0. The van der Waals surface area contributed by atoms with Gasteiger partial charge in [0.15, 0.2) is 0 Å². The van der Waals surface area contributed by atoms with E-state index in [9.17, 15) is 0 Å². The van der Waals surface area contributed by atoms with Crippen molar-refractivity contribution in [3.8, 4) is 0 Å². The van der Waals surface area contributed by atoms with Crippen LogP contribution in [0.25, 0.3) is 0 Å². The van der Waals surface area contributed by atoms with Gasteiger partial charge in [-0.2, -0.15) is 0 Å². The van der Waals surface area contributed by atoms with Gasteiger partial charge >= 0.3 is 108 Å². The summed E-state index contributed by atoms with van der Waals surface area (Å²) in [7, 11) is -9.28. The van der Waals surface area contributed by atoms with E-state index in [4.69, 9.17) is 38.5 Å². The van der Waals surface area contributed by atoms with Crippen molar-refractivity contribution < 1.29 is 61.0 Å². The normalized spacial score (nSPS) is 7.38. The van der Waals surface area contributed by atoms with Crippen molar-refractivity contribution in [2.45, 2.75) is 0 Å². The Labute approximate surface area is 166 Å². The van der Waals surface area contributed by atoms with Crippen LogP contribution in [0.5, 0.6) is 0 Å². The molecule has 0 aliphatic heterocycles. The van der Waals surface area contributed by atoms with E-state index in [1.807, 2.05) is 0 Å². The predicted octanol–water partition coefficient (Wildman–Crippen LogP) is -6.35. The molecule has 0 heterocycles. The second-order valence-corrected chi connectivity index (χ2v) is 3.08. The molecule has 0 aliphatic rings. The molecule has 95 valence electrons. The van der Waals surface area contributed by atoms with Crippen molar-refractivity contribution in [3.63, 3.8) is 0 Å². The van der Waals surface area contributed by atoms with Gasteiger partial charge < -0.3 is 34.8 Å². The van der Waals surface area contributed by atoms with Crippen LogP contribution in [0.4, 0.5) is 0 Å². The molecule has 0 unspecified atom stereocenters. The number of rotatable bonds is 0. The summed E-state index contributed by atoms with van der Waals surface area (Å²) >= 11 is 0. The van der Waals surface area contributed by atoms with Crippen LogP contribution in [0.3, 0.4) is 0 Å². The predicted molar refractivity (Wildman–Crippen MR) is 66.3 cm³/mol. The maximum Gasteiger partial charge on any atom is 0.466 e. The van der Waals surface area contributed by atoms with Crippen molar-refractivity contribution in [1.82, 2.24) is 0 Å². The Morgan fingerprint density at radius 3 is 0.562 bits per heavy atom. The van der Waals surface area contributed by atoms with Gasteiger partial charge in [0, 0.05) is 17.1 Å². The summed E-state index contributed by atoms with van der Waals surface area (Å²) < 4.78 is 17.8. The zero-order valence-corrected chi connectivity index (χ0v) is 8.24. The van der Waals surface area contributed by atoms with E-state index in [0.29, 0.717) is 0 Å². The molecule has 0 bridgehead atoms. The molecule has 0 fully saturated rings. The Morgan fingerprint density at radius 1 is 0.562 bits per heavy atom. The van der Waals surface area contributed by atoms with Crippen LogP contribution in [0, 0.1) is 0 Å². The van der Waals surface area contributed by atoms with Crippen molar-refractivity contribution in [2.24, 2.45) is 0 Å². The standard InChI is InChI=1S/4Mg.Mn.2H3O4P.H2O.8H/c;;;;;2*1-5(2,3)4;;;;;;;;;/h;;;;;2*(H3,1,2,3,4);1H2;;;;;;;;. The third-order valence-electron chi connectivity index (χ3n) is 0. The van der Waals surface area contributed by atoms with Crippen molar-refractivity contribution in [3.05, 3.63) is 0 Å². The number of hydrogen-bond acceptors (Lipinski definition) is 2. The van der Waals surface area contributed by atoms with Gasteiger partial charge in [-0.15, -0.1) is 0 Å². The molecular weight excluding hydrogens is 358 g/mol. The topological polar surface area (TPSA) is 187 Å². The van der Waals surface area contributed by atoms with Crippen LogP contribution in [-0.2, 0) is 26.2 Å². The molecule has 8 N–H and O–H groups in total. The molecule has 0 aromatic heterocycles. The Kier molecular flexibility index (Phi) is 74.9. The fourth-order valence-corrected chi connectivity index (χ4v) is 0. The van der Waals surface area contributed by atoms with Gasteiger partial charge in [-0.25, -0.2) is 9.13 Å². The quantitative estimate of drug-likeness (QED) is 0.178. The maximum absolute atomic E-state index is 8.88. The van der Waals surface area contributed by atoms with E-state index >= 15 is 0 Å². The summed E-state index contributed by atoms with van der Waals surface area (Å²) in [5.74, 6) is 0. The van der Waals surface area contributed by atoms with Crippen molar-refractivity contribution in [2.75, 3.05) is 0 Å². The summed E-state index contributed by atoms with van der Waals surface area (Å²) in [5, 5.41) is 0. The van der Waals surface area contributed by atoms with Crippen LogP contribution >= 0.6 is 15.6 Å². The van der Waals surface area contributed by atoms with Gasteiger partial charge in [0.1, 0.15) is 0 Å². The van der Waals surface area contributed by atoms with Crippen molar-refractivity contribution >= 4 is 108 Å². The van der Waals surface area contributed by atoms with E-state index in [1.165, 1.54) is 0 Å². The summed E-state index contributed by atoms with van der Waals surface area (Å²) in [6.45, 7) is 0. The Bertz CT molecular complexity index is 138. The average Bonchev–Trinajstić information content (AvgIpc) is 1.12. The first kappa shape index (κ1) is 50.3. The number of phosphoric acid groups is 2. The molecule has 0 spiro atoms. The fourth-order valence-electron chi connectivity index (χ4n) is 0. The van der Waals surface area contributed by atoms with Crippen molar-refractivity contribution in [1.29, 1.82) is 0 Å². The monoisotopic (exact) mass is 373 g/mol. The van der Waals surface area contributed by atoms with Gasteiger partial charge in [-0.1, -0.05) is 0 Å². The minimum absolute atomic E-state index is 0. The zero-order valence-electron chi connectivity index (χ0n) is 5.27. The van der Waals surface area contributed by atoms with Crippen LogP contribution in [0.2, 0.25) is 0 Å². The first-order valence-electron chi connectivity index (χ1n) is 1.57. The smallest absolute Gasteiger partial charge is 0.412 e. The molecule has 0 amide bonds. The summed E-state index contributed by atoms with van der Waals surface area (Å²) in [6, 6.07) is 0. The molecule has 16 heteroatoms. The molecule has 0 atom stereocenters. The van der Waals surface area contributed by atoms with E-state index in [0.717, 1.165) is 0 Å². The second kappa shape index (κ2) is 23.8. The average molecular weight is 374 g/mol. The van der Waals surface area contributed by atoms with E-state index in [-0.39, 0.29) is 115 Å². The summed E-state index contributed by atoms with van der Waals surface area (Å²) in [4.78, 5) is 43.1. The molecule has 0 saturated carbocycles. The molecule has 16 heavy (non-hydrogen) atoms. The minimum Gasteiger partial charge on any atom is -0.412 e.